The summed E-state index contributed by atoms with van der Waals surface area (Å²) < 4.78 is 5.19. The van der Waals surface area contributed by atoms with E-state index in [1.54, 1.807) is 7.11 Å². The SMILES string of the molecule is COc1ccc(C2(C)CCCC2C)cc1. The van der Waals surface area contributed by atoms with Gasteiger partial charge in [0.25, 0.3) is 0 Å². The van der Waals surface area contributed by atoms with E-state index >= 15 is 0 Å². The molecule has 0 bridgehead atoms. The first-order valence-corrected chi connectivity index (χ1v) is 5.81. The van der Waals surface area contributed by atoms with Crippen LogP contribution in [0.15, 0.2) is 24.3 Å². The second kappa shape index (κ2) is 3.88. The molecule has 2 unspecified atom stereocenters. The Labute approximate surface area is 92.5 Å². The van der Waals surface area contributed by atoms with Crippen molar-refractivity contribution in [3.8, 4) is 5.75 Å². The standard InChI is InChI=1S/C14H20O/c1-11-5-4-10-14(11,2)12-6-8-13(15-3)9-7-12/h6-9,11H,4-5,10H2,1-3H3. The van der Waals surface area contributed by atoms with Crippen LogP contribution in [0.5, 0.6) is 5.75 Å². The number of rotatable bonds is 2. The molecule has 2 rings (SSSR count). The summed E-state index contributed by atoms with van der Waals surface area (Å²) in [5.41, 5.74) is 1.85. The van der Waals surface area contributed by atoms with Gasteiger partial charge in [0.1, 0.15) is 5.75 Å². The zero-order chi connectivity index (χ0) is 10.9. The van der Waals surface area contributed by atoms with Gasteiger partial charge in [-0.05, 0) is 41.9 Å². The Morgan fingerprint density at radius 3 is 2.40 bits per heavy atom. The van der Waals surface area contributed by atoms with Crippen LogP contribution in [0.25, 0.3) is 0 Å². The molecule has 0 saturated heterocycles. The van der Waals surface area contributed by atoms with E-state index in [2.05, 4.69) is 38.1 Å². The van der Waals surface area contributed by atoms with Crippen LogP contribution in [0.1, 0.15) is 38.7 Å². The van der Waals surface area contributed by atoms with Crippen molar-refractivity contribution >= 4 is 0 Å². The van der Waals surface area contributed by atoms with Crippen LogP contribution in [0.2, 0.25) is 0 Å². The average Bonchev–Trinajstić information content (AvgIpc) is 2.61. The highest BCUT2D eigenvalue weighted by Gasteiger charge is 2.36. The van der Waals surface area contributed by atoms with Gasteiger partial charge in [-0.3, -0.25) is 0 Å². The Bertz CT molecular complexity index is 328. The predicted octanol–water partition coefficient (Wildman–Crippen LogP) is 3.77. The van der Waals surface area contributed by atoms with E-state index in [4.69, 9.17) is 4.74 Å². The highest BCUT2D eigenvalue weighted by molar-refractivity contribution is 5.33. The van der Waals surface area contributed by atoms with Crippen LogP contribution in [0, 0.1) is 5.92 Å². The third-order valence-electron chi connectivity index (χ3n) is 4.17. The predicted molar refractivity (Wildman–Crippen MR) is 63.4 cm³/mol. The van der Waals surface area contributed by atoms with Crippen LogP contribution in [-0.2, 0) is 5.41 Å². The first kappa shape index (κ1) is 10.5. The van der Waals surface area contributed by atoms with Crippen molar-refractivity contribution in [1.29, 1.82) is 0 Å². The van der Waals surface area contributed by atoms with Crippen molar-refractivity contribution in [3.05, 3.63) is 29.8 Å². The fourth-order valence-electron chi connectivity index (χ4n) is 2.74. The molecule has 1 fully saturated rings. The number of ether oxygens (including phenoxy) is 1. The minimum absolute atomic E-state index is 0.381. The Kier molecular flexibility index (Phi) is 2.72. The maximum atomic E-state index is 5.19. The molecule has 1 aromatic carbocycles. The Balaban J connectivity index is 2.28. The molecule has 0 aliphatic heterocycles. The molecule has 0 heterocycles. The molecule has 0 radical (unpaired) electrons. The van der Waals surface area contributed by atoms with Gasteiger partial charge in [0.2, 0.25) is 0 Å². The lowest BCUT2D eigenvalue weighted by atomic mass is 9.75. The number of hydrogen-bond donors (Lipinski definition) is 0. The molecular weight excluding hydrogens is 184 g/mol. The van der Waals surface area contributed by atoms with Gasteiger partial charge in [0.05, 0.1) is 7.11 Å². The van der Waals surface area contributed by atoms with Crippen LogP contribution < -0.4 is 4.74 Å². The summed E-state index contributed by atoms with van der Waals surface area (Å²) in [6.45, 7) is 4.77. The number of benzene rings is 1. The minimum atomic E-state index is 0.381. The normalized spacial score (nSPS) is 30.5. The lowest BCUT2D eigenvalue weighted by molar-refractivity contribution is 0.369. The highest BCUT2D eigenvalue weighted by atomic mass is 16.5. The summed E-state index contributed by atoms with van der Waals surface area (Å²) in [6, 6.07) is 8.60. The molecule has 1 aliphatic carbocycles. The molecule has 1 heteroatoms. The Morgan fingerprint density at radius 1 is 1.27 bits per heavy atom. The topological polar surface area (TPSA) is 9.23 Å². The van der Waals surface area contributed by atoms with E-state index < -0.39 is 0 Å². The Hall–Kier alpha value is -0.980. The summed E-state index contributed by atoms with van der Waals surface area (Å²) in [5.74, 6) is 1.75. The van der Waals surface area contributed by atoms with E-state index in [1.165, 1.54) is 24.8 Å². The Morgan fingerprint density at radius 2 is 1.93 bits per heavy atom. The summed E-state index contributed by atoms with van der Waals surface area (Å²) in [7, 11) is 1.72. The molecule has 0 amide bonds. The fraction of sp³-hybridized carbons (Fsp3) is 0.571. The summed E-state index contributed by atoms with van der Waals surface area (Å²) >= 11 is 0. The van der Waals surface area contributed by atoms with Crippen molar-refractivity contribution in [2.75, 3.05) is 7.11 Å². The molecule has 0 aromatic heterocycles. The fourth-order valence-corrected chi connectivity index (χ4v) is 2.74. The third-order valence-corrected chi connectivity index (χ3v) is 4.17. The zero-order valence-corrected chi connectivity index (χ0v) is 9.92. The second-order valence-electron chi connectivity index (χ2n) is 4.94. The molecule has 15 heavy (non-hydrogen) atoms. The quantitative estimate of drug-likeness (QED) is 0.712. The van der Waals surface area contributed by atoms with Crippen LogP contribution in [0.3, 0.4) is 0 Å². The zero-order valence-electron chi connectivity index (χ0n) is 9.92. The molecule has 2 atom stereocenters. The molecule has 1 nitrogen and oxygen atoms in total. The first-order chi connectivity index (χ1) is 7.16. The second-order valence-corrected chi connectivity index (χ2v) is 4.94. The number of methoxy groups -OCH3 is 1. The van der Waals surface area contributed by atoms with Crippen LogP contribution >= 0.6 is 0 Å². The third kappa shape index (κ3) is 1.75. The van der Waals surface area contributed by atoms with Crippen LogP contribution in [-0.4, -0.2) is 7.11 Å². The van der Waals surface area contributed by atoms with Gasteiger partial charge in [-0.15, -0.1) is 0 Å². The van der Waals surface area contributed by atoms with Crippen molar-refractivity contribution < 1.29 is 4.74 Å². The highest BCUT2D eigenvalue weighted by Crippen LogP contribution is 2.45. The van der Waals surface area contributed by atoms with Crippen LogP contribution in [0.4, 0.5) is 0 Å². The van der Waals surface area contributed by atoms with Gasteiger partial charge in [-0.2, -0.15) is 0 Å². The molecular formula is C14H20O. The van der Waals surface area contributed by atoms with Gasteiger partial charge in [-0.25, -0.2) is 0 Å². The maximum Gasteiger partial charge on any atom is 0.118 e. The van der Waals surface area contributed by atoms with Crippen molar-refractivity contribution in [3.63, 3.8) is 0 Å². The lowest BCUT2D eigenvalue weighted by Crippen LogP contribution is -2.24. The van der Waals surface area contributed by atoms with E-state index in [1.807, 2.05) is 0 Å². The monoisotopic (exact) mass is 204 g/mol. The summed E-state index contributed by atoms with van der Waals surface area (Å²) in [4.78, 5) is 0. The molecule has 1 saturated carbocycles. The van der Waals surface area contributed by atoms with Crippen molar-refractivity contribution in [2.45, 2.75) is 38.5 Å². The van der Waals surface area contributed by atoms with Gasteiger partial charge in [0.15, 0.2) is 0 Å². The largest absolute Gasteiger partial charge is 0.497 e. The summed E-state index contributed by atoms with van der Waals surface area (Å²) in [6.07, 6.45) is 4.05. The molecule has 0 spiro atoms. The molecule has 1 aromatic rings. The van der Waals surface area contributed by atoms with Gasteiger partial charge in [-0.1, -0.05) is 32.4 Å². The van der Waals surface area contributed by atoms with E-state index in [0.29, 0.717) is 5.41 Å². The maximum absolute atomic E-state index is 5.19. The van der Waals surface area contributed by atoms with E-state index in [9.17, 15) is 0 Å². The van der Waals surface area contributed by atoms with Gasteiger partial charge < -0.3 is 4.74 Å². The van der Waals surface area contributed by atoms with E-state index in [0.717, 1.165) is 11.7 Å². The average molecular weight is 204 g/mol. The smallest absolute Gasteiger partial charge is 0.118 e. The molecule has 0 N–H and O–H groups in total. The van der Waals surface area contributed by atoms with Gasteiger partial charge >= 0.3 is 0 Å². The summed E-state index contributed by atoms with van der Waals surface area (Å²) in [5, 5.41) is 0. The lowest BCUT2D eigenvalue weighted by Gasteiger charge is -2.30. The minimum Gasteiger partial charge on any atom is -0.497 e. The van der Waals surface area contributed by atoms with E-state index in [-0.39, 0.29) is 0 Å². The molecule has 1 aliphatic rings. The number of hydrogen-bond acceptors (Lipinski definition) is 1. The van der Waals surface area contributed by atoms with Crippen molar-refractivity contribution in [1.82, 2.24) is 0 Å². The first-order valence-electron chi connectivity index (χ1n) is 5.81. The van der Waals surface area contributed by atoms with Gasteiger partial charge in [0, 0.05) is 0 Å². The molecule has 82 valence electrons. The van der Waals surface area contributed by atoms with Crippen molar-refractivity contribution in [2.24, 2.45) is 5.92 Å².